The first kappa shape index (κ1) is 9.71. The number of allylic oxidation sites excluding steroid dienone is 1. The molecule has 0 fully saturated rings. The normalized spacial score (nSPS) is 14.5. The summed E-state index contributed by atoms with van der Waals surface area (Å²) in [6.45, 7) is 1.63. The van der Waals surface area contributed by atoms with E-state index >= 15 is 0 Å². The van der Waals surface area contributed by atoms with Crippen molar-refractivity contribution in [3.63, 3.8) is 0 Å². The average molecular weight is 198 g/mol. The van der Waals surface area contributed by atoms with E-state index in [1.54, 1.807) is 0 Å². The molecule has 1 aromatic carbocycles. The Morgan fingerprint density at radius 3 is 2.93 bits per heavy atom. The Morgan fingerprint density at radius 1 is 1.20 bits per heavy atom. The van der Waals surface area contributed by atoms with Crippen LogP contribution in [0.4, 0.5) is 5.69 Å². The maximum absolute atomic E-state index is 4.16. The van der Waals surface area contributed by atoms with Gasteiger partial charge in [0, 0.05) is 18.4 Å². The molecule has 2 nitrogen and oxygen atoms in total. The van der Waals surface area contributed by atoms with Gasteiger partial charge in [-0.2, -0.15) is 0 Å². The van der Waals surface area contributed by atoms with Crippen LogP contribution in [0.1, 0.15) is 0 Å². The molecule has 0 radical (unpaired) electrons. The van der Waals surface area contributed by atoms with Gasteiger partial charge in [0.15, 0.2) is 0 Å². The smallest absolute Gasteiger partial charge is 0.0576 e. The van der Waals surface area contributed by atoms with Crippen molar-refractivity contribution in [3.8, 4) is 0 Å². The third-order valence-corrected chi connectivity index (χ3v) is 2.23. The van der Waals surface area contributed by atoms with Crippen LogP contribution >= 0.6 is 0 Å². The Balaban J connectivity index is 1.91. The predicted octanol–water partition coefficient (Wildman–Crippen LogP) is 2.67. The van der Waals surface area contributed by atoms with Crippen molar-refractivity contribution in [2.45, 2.75) is 0 Å². The molecular weight excluding hydrogens is 184 g/mol. The van der Waals surface area contributed by atoms with E-state index < -0.39 is 0 Å². The van der Waals surface area contributed by atoms with E-state index in [1.807, 2.05) is 30.5 Å². The topological polar surface area (TPSA) is 24.4 Å². The van der Waals surface area contributed by atoms with Gasteiger partial charge in [0.05, 0.1) is 6.54 Å². The summed E-state index contributed by atoms with van der Waals surface area (Å²) in [4.78, 5) is 4.16. The van der Waals surface area contributed by atoms with Crippen LogP contribution in [0.2, 0.25) is 0 Å². The van der Waals surface area contributed by atoms with Gasteiger partial charge < -0.3 is 5.32 Å². The van der Waals surface area contributed by atoms with Gasteiger partial charge in [0.1, 0.15) is 0 Å². The fraction of sp³-hybridized carbons (Fsp3) is 0.154. The molecule has 1 aliphatic rings. The largest absolute Gasteiger partial charge is 0.381 e. The zero-order chi connectivity index (χ0) is 10.3. The van der Waals surface area contributed by atoms with Gasteiger partial charge in [0.25, 0.3) is 0 Å². The average Bonchev–Trinajstić information content (AvgIpc) is 2.56. The number of nitrogens with one attached hydrogen (secondary N) is 1. The number of hydrogen-bond donors (Lipinski definition) is 1. The summed E-state index contributed by atoms with van der Waals surface area (Å²) in [7, 11) is 0. The zero-order valence-corrected chi connectivity index (χ0v) is 8.56. The summed E-state index contributed by atoms with van der Waals surface area (Å²) in [5.41, 5.74) is 2.42. The molecule has 1 N–H and O–H groups in total. The third kappa shape index (κ3) is 3.09. The highest BCUT2D eigenvalue weighted by Gasteiger charge is 1.94. The van der Waals surface area contributed by atoms with Crippen LogP contribution in [-0.4, -0.2) is 19.3 Å². The Morgan fingerprint density at radius 2 is 2.07 bits per heavy atom. The summed E-state index contributed by atoms with van der Waals surface area (Å²) < 4.78 is 0. The highest BCUT2D eigenvalue weighted by Crippen LogP contribution is 2.07. The summed E-state index contributed by atoms with van der Waals surface area (Å²) >= 11 is 0. The van der Waals surface area contributed by atoms with E-state index in [2.05, 4.69) is 34.6 Å². The van der Waals surface area contributed by atoms with Gasteiger partial charge in [-0.05, 0) is 23.8 Å². The molecule has 0 saturated carbocycles. The first-order valence-electron chi connectivity index (χ1n) is 5.09. The molecule has 0 bridgehead atoms. The maximum Gasteiger partial charge on any atom is 0.0576 e. The van der Waals surface area contributed by atoms with Crippen LogP contribution in [-0.2, 0) is 0 Å². The molecule has 2 rings (SSSR count). The molecule has 1 aliphatic heterocycles. The van der Waals surface area contributed by atoms with Crippen molar-refractivity contribution in [1.82, 2.24) is 0 Å². The Labute approximate surface area is 90.0 Å². The molecule has 2 heteroatoms. The summed E-state index contributed by atoms with van der Waals surface area (Å²) in [5.74, 6) is 0. The van der Waals surface area contributed by atoms with Crippen molar-refractivity contribution < 1.29 is 0 Å². The summed E-state index contributed by atoms with van der Waals surface area (Å²) in [6, 6.07) is 10.2. The summed E-state index contributed by atoms with van der Waals surface area (Å²) in [5, 5.41) is 3.37. The van der Waals surface area contributed by atoms with Crippen LogP contribution < -0.4 is 5.32 Å². The number of rotatable bonds is 3. The molecule has 0 unspecified atom stereocenters. The lowest BCUT2D eigenvalue weighted by molar-refractivity contribution is 1.20. The summed E-state index contributed by atoms with van der Waals surface area (Å²) in [6.07, 6.45) is 8.04. The van der Waals surface area contributed by atoms with E-state index in [9.17, 15) is 0 Å². The standard InChI is InChI=1S/C13H14N2/c1-2-6-13(7-3-1)15-11-12-5-4-9-14-10-8-12/h1-9,15H,10-11H2. The van der Waals surface area contributed by atoms with Crippen molar-refractivity contribution >= 4 is 11.9 Å². The number of aliphatic imine (C=N–C) groups is 1. The minimum atomic E-state index is 0.777. The van der Waals surface area contributed by atoms with Gasteiger partial charge >= 0.3 is 0 Å². The van der Waals surface area contributed by atoms with Gasteiger partial charge in [-0.15, -0.1) is 0 Å². The Bertz CT molecular complexity index is 388. The second-order valence-corrected chi connectivity index (χ2v) is 3.37. The molecule has 1 heterocycles. The van der Waals surface area contributed by atoms with E-state index in [0.717, 1.165) is 18.8 Å². The van der Waals surface area contributed by atoms with Crippen LogP contribution in [0.3, 0.4) is 0 Å². The number of anilines is 1. The third-order valence-electron chi connectivity index (χ3n) is 2.23. The maximum atomic E-state index is 4.16. The predicted molar refractivity (Wildman–Crippen MR) is 65.5 cm³/mol. The second kappa shape index (κ2) is 5.15. The minimum Gasteiger partial charge on any atom is -0.381 e. The van der Waals surface area contributed by atoms with Crippen molar-refractivity contribution in [2.24, 2.45) is 4.99 Å². The molecule has 76 valence electrons. The minimum absolute atomic E-state index is 0.777. The van der Waals surface area contributed by atoms with Crippen molar-refractivity contribution in [3.05, 3.63) is 54.1 Å². The van der Waals surface area contributed by atoms with Crippen molar-refractivity contribution in [2.75, 3.05) is 18.4 Å². The molecule has 0 atom stereocenters. The Kier molecular flexibility index (Phi) is 3.34. The number of hydrogen-bond acceptors (Lipinski definition) is 2. The lowest BCUT2D eigenvalue weighted by Gasteiger charge is -2.06. The molecule has 0 aliphatic carbocycles. The highest BCUT2D eigenvalue weighted by molar-refractivity contribution is 5.72. The molecule has 0 amide bonds. The molecule has 0 aromatic heterocycles. The quantitative estimate of drug-likeness (QED) is 0.793. The zero-order valence-electron chi connectivity index (χ0n) is 8.56. The SMILES string of the molecule is C1=CC(CNc2ccccc2)=CCN=C1. The van der Waals surface area contributed by atoms with Gasteiger partial charge in [-0.25, -0.2) is 0 Å². The molecule has 15 heavy (non-hydrogen) atoms. The van der Waals surface area contributed by atoms with Gasteiger partial charge in [0.2, 0.25) is 0 Å². The van der Waals surface area contributed by atoms with Gasteiger partial charge in [-0.1, -0.05) is 30.4 Å². The lowest BCUT2D eigenvalue weighted by atomic mass is 10.2. The number of para-hydroxylation sites is 1. The van der Waals surface area contributed by atoms with Crippen LogP contribution in [0.5, 0.6) is 0 Å². The van der Waals surface area contributed by atoms with Crippen LogP contribution in [0.15, 0.2) is 59.1 Å². The van der Waals surface area contributed by atoms with Crippen LogP contribution in [0.25, 0.3) is 0 Å². The molecular formula is C13H14N2. The monoisotopic (exact) mass is 198 g/mol. The molecule has 1 aromatic rings. The Hall–Kier alpha value is -1.83. The van der Waals surface area contributed by atoms with E-state index in [4.69, 9.17) is 0 Å². The first-order chi connectivity index (χ1) is 7.45. The second-order valence-electron chi connectivity index (χ2n) is 3.37. The molecule has 0 spiro atoms. The van der Waals surface area contributed by atoms with E-state index in [-0.39, 0.29) is 0 Å². The highest BCUT2D eigenvalue weighted by atomic mass is 14.9. The van der Waals surface area contributed by atoms with E-state index in [0.29, 0.717) is 0 Å². The number of nitrogens with zero attached hydrogens (tertiary/aromatic N) is 1. The fourth-order valence-electron chi connectivity index (χ4n) is 1.42. The number of benzene rings is 1. The van der Waals surface area contributed by atoms with Crippen molar-refractivity contribution in [1.29, 1.82) is 0 Å². The lowest BCUT2D eigenvalue weighted by Crippen LogP contribution is -2.03. The first-order valence-corrected chi connectivity index (χ1v) is 5.09. The molecule has 0 saturated heterocycles. The van der Waals surface area contributed by atoms with Crippen LogP contribution in [0, 0.1) is 0 Å². The fourth-order valence-corrected chi connectivity index (χ4v) is 1.42. The van der Waals surface area contributed by atoms with Gasteiger partial charge in [-0.3, -0.25) is 4.99 Å². The van der Waals surface area contributed by atoms with E-state index in [1.165, 1.54) is 5.57 Å².